The molecular weight excluding hydrogens is 162 g/mol. The molecule has 1 aromatic heterocycles. The Morgan fingerprint density at radius 2 is 1.92 bits per heavy atom. The minimum atomic E-state index is -0.0695. The second-order valence-electron chi connectivity index (χ2n) is 3.76. The third kappa shape index (κ3) is 2.07. The first-order chi connectivity index (χ1) is 6.36. The van der Waals surface area contributed by atoms with Crippen LogP contribution >= 0.6 is 0 Å². The summed E-state index contributed by atoms with van der Waals surface area (Å²) in [6, 6.07) is 6.07. The summed E-state index contributed by atoms with van der Waals surface area (Å²) >= 11 is 0. The summed E-state index contributed by atoms with van der Waals surface area (Å²) in [4.78, 5) is 4.35. The Bertz CT molecular complexity index is 252. The number of aliphatic hydroxyl groups excluding tert-OH is 1. The first-order valence-corrected chi connectivity index (χ1v) is 4.95. The van der Waals surface area contributed by atoms with E-state index < -0.39 is 0 Å². The van der Waals surface area contributed by atoms with Gasteiger partial charge in [0.25, 0.3) is 0 Å². The minimum Gasteiger partial charge on any atom is -0.393 e. The lowest BCUT2D eigenvalue weighted by atomic mass is 9.85. The lowest BCUT2D eigenvalue weighted by Crippen LogP contribution is -2.17. The van der Waals surface area contributed by atoms with Gasteiger partial charge in [-0.05, 0) is 37.8 Å². The van der Waals surface area contributed by atoms with Crippen LogP contribution in [0.3, 0.4) is 0 Å². The molecule has 0 aromatic carbocycles. The standard InChI is InChI=1S/C11H15NO/c13-10-6-4-9(5-7-10)11-3-1-2-8-12-11/h1-3,8-10,13H,4-7H2. The number of aromatic nitrogens is 1. The Hall–Kier alpha value is -0.890. The molecule has 0 aliphatic heterocycles. The van der Waals surface area contributed by atoms with Crippen molar-refractivity contribution in [2.24, 2.45) is 0 Å². The van der Waals surface area contributed by atoms with Crippen molar-refractivity contribution >= 4 is 0 Å². The SMILES string of the molecule is OC1CCC(c2ccccn2)CC1. The first-order valence-electron chi connectivity index (χ1n) is 4.95. The maximum atomic E-state index is 9.35. The van der Waals surface area contributed by atoms with Gasteiger partial charge in [0.05, 0.1) is 6.10 Å². The van der Waals surface area contributed by atoms with E-state index in [0.717, 1.165) is 25.7 Å². The maximum Gasteiger partial charge on any atom is 0.0540 e. The highest BCUT2D eigenvalue weighted by atomic mass is 16.3. The van der Waals surface area contributed by atoms with Crippen molar-refractivity contribution in [2.75, 3.05) is 0 Å². The van der Waals surface area contributed by atoms with Gasteiger partial charge in [-0.2, -0.15) is 0 Å². The Labute approximate surface area is 78.6 Å². The van der Waals surface area contributed by atoms with Crippen LogP contribution in [0.4, 0.5) is 0 Å². The Balaban J connectivity index is 2.03. The maximum absolute atomic E-state index is 9.35. The molecule has 0 bridgehead atoms. The van der Waals surface area contributed by atoms with E-state index in [2.05, 4.69) is 11.1 Å². The van der Waals surface area contributed by atoms with E-state index in [1.165, 1.54) is 5.69 Å². The van der Waals surface area contributed by atoms with Crippen LogP contribution in [0.2, 0.25) is 0 Å². The molecule has 0 radical (unpaired) electrons. The number of hydrogen-bond acceptors (Lipinski definition) is 2. The van der Waals surface area contributed by atoms with Crippen molar-refractivity contribution in [1.29, 1.82) is 0 Å². The number of hydrogen-bond donors (Lipinski definition) is 1. The predicted molar refractivity (Wildman–Crippen MR) is 51.5 cm³/mol. The molecule has 0 amide bonds. The number of nitrogens with zero attached hydrogens (tertiary/aromatic N) is 1. The summed E-state index contributed by atoms with van der Waals surface area (Å²) in [7, 11) is 0. The third-order valence-corrected chi connectivity index (χ3v) is 2.80. The van der Waals surface area contributed by atoms with E-state index >= 15 is 0 Å². The second kappa shape index (κ2) is 3.88. The Kier molecular flexibility index (Phi) is 2.60. The third-order valence-electron chi connectivity index (χ3n) is 2.80. The molecule has 1 aromatic rings. The summed E-state index contributed by atoms with van der Waals surface area (Å²) in [5.41, 5.74) is 1.19. The van der Waals surface area contributed by atoms with Crippen LogP contribution in [0.15, 0.2) is 24.4 Å². The summed E-state index contributed by atoms with van der Waals surface area (Å²) < 4.78 is 0. The minimum absolute atomic E-state index is 0.0695. The van der Waals surface area contributed by atoms with E-state index in [1.807, 2.05) is 18.3 Å². The van der Waals surface area contributed by atoms with Gasteiger partial charge in [0.2, 0.25) is 0 Å². The van der Waals surface area contributed by atoms with Gasteiger partial charge < -0.3 is 5.11 Å². The van der Waals surface area contributed by atoms with Crippen molar-refractivity contribution in [1.82, 2.24) is 4.98 Å². The summed E-state index contributed by atoms with van der Waals surface area (Å²) in [5.74, 6) is 0.574. The van der Waals surface area contributed by atoms with Crippen molar-refractivity contribution in [2.45, 2.75) is 37.7 Å². The molecule has 70 valence electrons. The van der Waals surface area contributed by atoms with E-state index in [-0.39, 0.29) is 6.10 Å². The molecule has 2 nitrogen and oxygen atoms in total. The zero-order valence-corrected chi connectivity index (χ0v) is 7.69. The van der Waals surface area contributed by atoms with Gasteiger partial charge in [0.15, 0.2) is 0 Å². The molecular formula is C11H15NO. The van der Waals surface area contributed by atoms with Gasteiger partial charge in [-0.25, -0.2) is 0 Å². The fourth-order valence-electron chi connectivity index (χ4n) is 1.99. The Morgan fingerprint density at radius 1 is 1.15 bits per heavy atom. The summed E-state index contributed by atoms with van der Waals surface area (Å²) in [6.45, 7) is 0. The zero-order valence-electron chi connectivity index (χ0n) is 7.69. The first kappa shape index (κ1) is 8.70. The molecule has 2 heteroatoms. The topological polar surface area (TPSA) is 33.1 Å². The van der Waals surface area contributed by atoms with Crippen LogP contribution in [0.25, 0.3) is 0 Å². The van der Waals surface area contributed by atoms with E-state index in [0.29, 0.717) is 5.92 Å². The predicted octanol–water partition coefficient (Wildman–Crippen LogP) is 2.10. The average molecular weight is 177 g/mol. The van der Waals surface area contributed by atoms with Crippen LogP contribution in [0.5, 0.6) is 0 Å². The quantitative estimate of drug-likeness (QED) is 0.712. The lowest BCUT2D eigenvalue weighted by molar-refractivity contribution is 0.122. The van der Waals surface area contributed by atoms with Gasteiger partial charge in [0.1, 0.15) is 0 Å². The van der Waals surface area contributed by atoms with Gasteiger partial charge in [-0.15, -0.1) is 0 Å². The van der Waals surface area contributed by atoms with Gasteiger partial charge in [-0.1, -0.05) is 6.07 Å². The molecule has 0 spiro atoms. The van der Waals surface area contributed by atoms with Crippen molar-refractivity contribution < 1.29 is 5.11 Å². The van der Waals surface area contributed by atoms with Gasteiger partial charge in [0, 0.05) is 17.8 Å². The molecule has 1 aliphatic carbocycles. The number of rotatable bonds is 1. The highest BCUT2D eigenvalue weighted by Gasteiger charge is 2.20. The van der Waals surface area contributed by atoms with Crippen LogP contribution in [0.1, 0.15) is 37.3 Å². The Morgan fingerprint density at radius 3 is 2.54 bits per heavy atom. The average Bonchev–Trinajstić information content (AvgIpc) is 2.20. The molecule has 1 aliphatic rings. The molecule has 0 saturated heterocycles. The molecule has 1 heterocycles. The molecule has 0 atom stereocenters. The molecule has 13 heavy (non-hydrogen) atoms. The smallest absolute Gasteiger partial charge is 0.0540 e. The molecule has 0 unspecified atom stereocenters. The molecule has 1 saturated carbocycles. The van der Waals surface area contributed by atoms with E-state index in [4.69, 9.17) is 0 Å². The zero-order chi connectivity index (χ0) is 9.10. The van der Waals surface area contributed by atoms with E-state index in [1.54, 1.807) is 0 Å². The van der Waals surface area contributed by atoms with Crippen LogP contribution in [0, 0.1) is 0 Å². The van der Waals surface area contributed by atoms with Crippen LogP contribution < -0.4 is 0 Å². The molecule has 1 N–H and O–H groups in total. The summed E-state index contributed by atoms with van der Waals surface area (Å²) in [6.07, 6.45) is 5.80. The monoisotopic (exact) mass is 177 g/mol. The largest absolute Gasteiger partial charge is 0.393 e. The van der Waals surface area contributed by atoms with Crippen LogP contribution in [-0.4, -0.2) is 16.2 Å². The van der Waals surface area contributed by atoms with Gasteiger partial charge >= 0.3 is 0 Å². The number of pyridine rings is 1. The highest BCUT2D eigenvalue weighted by molar-refractivity contribution is 5.10. The van der Waals surface area contributed by atoms with Crippen molar-refractivity contribution in [3.8, 4) is 0 Å². The molecule has 1 fully saturated rings. The van der Waals surface area contributed by atoms with Gasteiger partial charge in [-0.3, -0.25) is 4.98 Å². The summed E-state index contributed by atoms with van der Waals surface area (Å²) in [5, 5.41) is 9.35. The second-order valence-corrected chi connectivity index (χ2v) is 3.76. The number of aliphatic hydroxyl groups is 1. The fraction of sp³-hybridized carbons (Fsp3) is 0.545. The van der Waals surface area contributed by atoms with Crippen LogP contribution in [-0.2, 0) is 0 Å². The fourth-order valence-corrected chi connectivity index (χ4v) is 1.99. The highest BCUT2D eigenvalue weighted by Crippen LogP contribution is 2.31. The van der Waals surface area contributed by atoms with Crippen molar-refractivity contribution in [3.63, 3.8) is 0 Å². The molecule has 2 rings (SSSR count). The normalized spacial score (nSPS) is 28.7. The van der Waals surface area contributed by atoms with Crippen molar-refractivity contribution in [3.05, 3.63) is 30.1 Å². The lowest BCUT2D eigenvalue weighted by Gasteiger charge is -2.24. The van der Waals surface area contributed by atoms with E-state index in [9.17, 15) is 5.11 Å².